The highest BCUT2D eigenvalue weighted by Crippen LogP contribution is 2.23. The minimum Gasteiger partial charge on any atom is -0.496 e. The first-order valence-corrected chi connectivity index (χ1v) is 4.41. The Morgan fingerprint density at radius 1 is 1.50 bits per heavy atom. The van der Waals surface area contributed by atoms with Crippen LogP contribution in [0.15, 0.2) is 23.1 Å². The van der Waals surface area contributed by atoms with Crippen molar-refractivity contribution in [3.05, 3.63) is 23.8 Å². The van der Waals surface area contributed by atoms with Gasteiger partial charge >= 0.3 is 0 Å². The minimum atomic E-state index is 0.821. The highest BCUT2D eigenvalue weighted by atomic mass is 32.2. The Morgan fingerprint density at radius 2 is 2.25 bits per heavy atom. The molecule has 0 radical (unpaired) electrons. The first-order chi connectivity index (χ1) is 5.77. The molecule has 12 heavy (non-hydrogen) atoms. The predicted molar refractivity (Wildman–Crippen MR) is 50.3 cm³/mol. The van der Waals surface area contributed by atoms with E-state index in [0.717, 1.165) is 21.8 Å². The van der Waals surface area contributed by atoms with Crippen molar-refractivity contribution in [3.63, 3.8) is 0 Å². The summed E-state index contributed by atoms with van der Waals surface area (Å²) in [6.07, 6.45) is 0. The van der Waals surface area contributed by atoms with Gasteiger partial charge in [0, 0.05) is 4.90 Å². The van der Waals surface area contributed by atoms with Crippen LogP contribution in [0.4, 0.5) is 0 Å². The molecular formula is C9H10O2S. The van der Waals surface area contributed by atoms with Crippen LogP contribution < -0.4 is 4.74 Å². The van der Waals surface area contributed by atoms with Crippen molar-refractivity contribution in [3.8, 4) is 5.75 Å². The van der Waals surface area contributed by atoms with Crippen molar-refractivity contribution in [1.82, 2.24) is 0 Å². The summed E-state index contributed by atoms with van der Waals surface area (Å²) in [6.45, 7) is 1.95. The lowest BCUT2D eigenvalue weighted by atomic mass is 10.2. The van der Waals surface area contributed by atoms with Gasteiger partial charge in [-0.25, -0.2) is 0 Å². The number of rotatable bonds is 3. The van der Waals surface area contributed by atoms with Crippen molar-refractivity contribution < 1.29 is 9.53 Å². The van der Waals surface area contributed by atoms with Gasteiger partial charge in [-0.05, 0) is 30.7 Å². The van der Waals surface area contributed by atoms with Gasteiger partial charge in [0.2, 0.25) is 0 Å². The Morgan fingerprint density at radius 3 is 2.75 bits per heavy atom. The normalized spacial score (nSPS) is 9.50. The van der Waals surface area contributed by atoms with Crippen molar-refractivity contribution in [2.24, 2.45) is 0 Å². The van der Waals surface area contributed by atoms with E-state index in [1.165, 1.54) is 11.8 Å². The molecular weight excluding hydrogens is 172 g/mol. The molecule has 0 saturated carbocycles. The van der Waals surface area contributed by atoms with Gasteiger partial charge in [0.25, 0.3) is 0 Å². The van der Waals surface area contributed by atoms with E-state index in [4.69, 9.17) is 4.74 Å². The molecule has 0 unspecified atom stereocenters. The molecule has 0 atom stereocenters. The van der Waals surface area contributed by atoms with Crippen molar-refractivity contribution in [1.29, 1.82) is 0 Å². The molecule has 0 spiro atoms. The average Bonchev–Trinajstić information content (AvgIpc) is 2.05. The molecule has 0 bridgehead atoms. The highest BCUT2D eigenvalue weighted by Gasteiger charge is 1.98. The van der Waals surface area contributed by atoms with E-state index < -0.39 is 0 Å². The molecule has 0 aliphatic carbocycles. The summed E-state index contributed by atoms with van der Waals surface area (Å²) < 4.78 is 5.08. The summed E-state index contributed by atoms with van der Waals surface area (Å²) in [4.78, 5) is 11.1. The van der Waals surface area contributed by atoms with Gasteiger partial charge in [-0.1, -0.05) is 11.8 Å². The molecule has 64 valence electrons. The van der Waals surface area contributed by atoms with Crippen LogP contribution in [0.1, 0.15) is 5.56 Å². The van der Waals surface area contributed by atoms with Crippen LogP contribution in [0.3, 0.4) is 0 Å². The van der Waals surface area contributed by atoms with E-state index in [1.807, 2.05) is 25.1 Å². The molecule has 0 aliphatic heterocycles. The highest BCUT2D eigenvalue weighted by molar-refractivity contribution is 8.11. The summed E-state index contributed by atoms with van der Waals surface area (Å²) in [5.74, 6) is 0.852. The first kappa shape index (κ1) is 9.13. The van der Waals surface area contributed by atoms with Crippen molar-refractivity contribution >= 4 is 17.4 Å². The van der Waals surface area contributed by atoms with Crippen molar-refractivity contribution in [2.75, 3.05) is 7.11 Å². The maximum atomic E-state index is 10.2. The van der Waals surface area contributed by atoms with Crippen LogP contribution >= 0.6 is 11.8 Å². The van der Waals surface area contributed by atoms with Gasteiger partial charge < -0.3 is 4.74 Å². The maximum Gasteiger partial charge on any atom is 0.180 e. The lowest BCUT2D eigenvalue weighted by molar-refractivity contribution is 0.411. The van der Waals surface area contributed by atoms with Gasteiger partial charge in [-0.15, -0.1) is 0 Å². The molecule has 0 N–H and O–H groups in total. The zero-order valence-corrected chi connectivity index (χ0v) is 7.85. The number of thioether (sulfide) groups is 1. The van der Waals surface area contributed by atoms with E-state index in [9.17, 15) is 4.79 Å². The quantitative estimate of drug-likeness (QED) is 0.530. The third kappa shape index (κ3) is 2.01. The van der Waals surface area contributed by atoms with Gasteiger partial charge in [0.05, 0.1) is 7.11 Å². The van der Waals surface area contributed by atoms with E-state index >= 15 is 0 Å². The number of benzene rings is 1. The van der Waals surface area contributed by atoms with Crippen LogP contribution in [0.5, 0.6) is 5.75 Å². The number of hydrogen-bond donors (Lipinski definition) is 0. The molecule has 3 heteroatoms. The molecule has 0 amide bonds. The summed E-state index contributed by atoms with van der Waals surface area (Å²) >= 11 is 1.17. The molecule has 1 aromatic carbocycles. The zero-order valence-electron chi connectivity index (χ0n) is 7.03. The fourth-order valence-corrected chi connectivity index (χ4v) is 1.48. The molecule has 2 nitrogen and oxygen atoms in total. The Bertz CT molecular complexity index is 284. The van der Waals surface area contributed by atoms with E-state index in [2.05, 4.69) is 0 Å². The number of carbonyl (C=O) groups is 1. The summed E-state index contributed by atoms with van der Waals surface area (Å²) in [5.41, 5.74) is 1.87. The topological polar surface area (TPSA) is 26.3 Å². The molecule has 0 aromatic heterocycles. The van der Waals surface area contributed by atoms with Crippen LogP contribution in [0.25, 0.3) is 0 Å². The summed E-state index contributed by atoms with van der Waals surface area (Å²) in [5, 5.41) is 0. The Kier molecular flexibility index (Phi) is 3.17. The van der Waals surface area contributed by atoms with Crippen LogP contribution in [0, 0.1) is 6.92 Å². The molecule has 1 aromatic rings. The Balaban J connectivity index is 2.93. The van der Waals surface area contributed by atoms with Gasteiger partial charge in [0.1, 0.15) is 5.75 Å². The third-order valence-electron chi connectivity index (χ3n) is 1.55. The van der Waals surface area contributed by atoms with Gasteiger partial charge in [-0.3, -0.25) is 4.79 Å². The van der Waals surface area contributed by atoms with Gasteiger partial charge in [0.15, 0.2) is 5.62 Å². The second-order valence-corrected chi connectivity index (χ2v) is 3.25. The molecule has 0 saturated heterocycles. The number of aryl methyl sites for hydroxylation is 1. The zero-order chi connectivity index (χ0) is 8.97. The average molecular weight is 182 g/mol. The van der Waals surface area contributed by atoms with Crippen LogP contribution in [0.2, 0.25) is 0 Å². The van der Waals surface area contributed by atoms with Crippen LogP contribution in [-0.4, -0.2) is 12.7 Å². The summed E-state index contributed by atoms with van der Waals surface area (Å²) in [6, 6.07) is 5.66. The lowest BCUT2D eigenvalue weighted by Gasteiger charge is -2.04. The SMILES string of the molecule is COc1ccc(SC=O)cc1C. The second-order valence-electron chi connectivity index (χ2n) is 2.35. The number of hydrogen-bond acceptors (Lipinski definition) is 3. The largest absolute Gasteiger partial charge is 0.496 e. The Labute approximate surface area is 75.9 Å². The fraction of sp³-hybridized carbons (Fsp3) is 0.222. The number of carbonyl (C=O) groups excluding carboxylic acids is 1. The number of methoxy groups -OCH3 is 1. The molecule has 0 aliphatic rings. The Hall–Kier alpha value is -0.960. The monoisotopic (exact) mass is 182 g/mol. The predicted octanol–water partition coefficient (Wildman–Crippen LogP) is 2.29. The van der Waals surface area contributed by atoms with Crippen molar-refractivity contribution in [2.45, 2.75) is 11.8 Å². The third-order valence-corrected chi connectivity index (χ3v) is 2.17. The molecule has 0 fully saturated rings. The first-order valence-electron chi connectivity index (χ1n) is 3.53. The lowest BCUT2D eigenvalue weighted by Crippen LogP contribution is -1.86. The molecule has 0 heterocycles. The van der Waals surface area contributed by atoms with Gasteiger partial charge in [-0.2, -0.15) is 0 Å². The van der Waals surface area contributed by atoms with E-state index in [0.29, 0.717) is 0 Å². The molecule has 1 rings (SSSR count). The van der Waals surface area contributed by atoms with Crippen LogP contribution in [-0.2, 0) is 4.79 Å². The fourth-order valence-electron chi connectivity index (χ4n) is 0.980. The smallest absolute Gasteiger partial charge is 0.180 e. The van der Waals surface area contributed by atoms with E-state index in [1.54, 1.807) is 7.11 Å². The maximum absolute atomic E-state index is 10.2. The van der Waals surface area contributed by atoms with E-state index in [-0.39, 0.29) is 0 Å². The number of ether oxygens (including phenoxy) is 1. The second kappa shape index (κ2) is 4.16. The standard InChI is InChI=1S/C9H10O2S/c1-7-5-8(12-6-10)3-4-9(7)11-2/h3-6H,1-2H3. The minimum absolute atomic E-state index is 0.821. The summed E-state index contributed by atoms with van der Waals surface area (Å²) in [7, 11) is 1.63.